The number of rotatable bonds is 7. The molecular formula is C14H25N3. The second-order valence-electron chi connectivity index (χ2n) is 4.39. The summed E-state index contributed by atoms with van der Waals surface area (Å²) in [6, 6.07) is 2.49. The van der Waals surface area contributed by atoms with E-state index in [4.69, 9.17) is 0 Å². The number of nitrogens with one attached hydrogen (secondary N) is 1. The first-order valence-corrected chi connectivity index (χ1v) is 6.53. The first-order valence-electron chi connectivity index (χ1n) is 6.53. The minimum absolute atomic E-state index is 0.407. The van der Waals surface area contributed by atoms with E-state index in [1.165, 1.54) is 11.1 Å². The van der Waals surface area contributed by atoms with Crippen molar-refractivity contribution in [3.05, 3.63) is 29.6 Å². The van der Waals surface area contributed by atoms with Crippen molar-refractivity contribution >= 4 is 0 Å². The minimum atomic E-state index is 0.407. The Kier molecular flexibility index (Phi) is 6.16. The van der Waals surface area contributed by atoms with Crippen molar-refractivity contribution in [2.75, 3.05) is 26.7 Å². The molecule has 1 N–H and O–H groups in total. The zero-order valence-corrected chi connectivity index (χ0v) is 11.5. The molecule has 1 heterocycles. The molecule has 3 heteroatoms. The molecule has 0 saturated carbocycles. The highest BCUT2D eigenvalue weighted by atomic mass is 15.1. The predicted molar refractivity (Wildman–Crippen MR) is 73.2 cm³/mol. The maximum atomic E-state index is 4.23. The molecule has 1 aromatic heterocycles. The van der Waals surface area contributed by atoms with E-state index in [1.54, 1.807) is 0 Å². The molecule has 0 aliphatic heterocycles. The molecule has 1 aromatic rings. The van der Waals surface area contributed by atoms with Crippen LogP contribution in [0.25, 0.3) is 0 Å². The third-order valence-electron chi connectivity index (χ3n) is 3.43. The lowest BCUT2D eigenvalue weighted by atomic mass is 10.0. The van der Waals surface area contributed by atoms with Gasteiger partial charge in [0.05, 0.1) is 0 Å². The number of pyridine rings is 1. The molecule has 0 fully saturated rings. The molecular weight excluding hydrogens is 210 g/mol. The van der Waals surface area contributed by atoms with E-state index in [0.29, 0.717) is 6.04 Å². The van der Waals surface area contributed by atoms with Gasteiger partial charge in [0.2, 0.25) is 0 Å². The van der Waals surface area contributed by atoms with Gasteiger partial charge in [-0.25, -0.2) is 0 Å². The van der Waals surface area contributed by atoms with Gasteiger partial charge in [0.1, 0.15) is 0 Å². The fraction of sp³-hybridized carbons (Fsp3) is 0.643. The maximum Gasteiger partial charge on any atom is 0.0347 e. The summed E-state index contributed by atoms with van der Waals surface area (Å²) in [6.07, 6.45) is 4.97. The van der Waals surface area contributed by atoms with E-state index >= 15 is 0 Å². The van der Waals surface area contributed by atoms with Gasteiger partial charge in [0.25, 0.3) is 0 Å². The summed E-state index contributed by atoms with van der Waals surface area (Å²) in [5.41, 5.74) is 2.64. The van der Waals surface area contributed by atoms with Gasteiger partial charge in [-0.2, -0.15) is 0 Å². The topological polar surface area (TPSA) is 28.2 Å². The minimum Gasteiger partial charge on any atom is -0.313 e. The summed E-state index contributed by atoms with van der Waals surface area (Å²) < 4.78 is 0. The van der Waals surface area contributed by atoms with Gasteiger partial charge in [-0.15, -0.1) is 0 Å². The van der Waals surface area contributed by atoms with Gasteiger partial charge in [-0.05, 0) is 57.2 Å². The highest BCUT2D eigenvalue weighted by Crippen LogP contribution is 2.19. The molecule has 0 spiro atoms. The number of aromatic nitrogens is 1. The van der Waals surface area contributed by atoms with Crippen molar-refractivity contribution in [1.29, 1.82) is 0 Å². The van der Waals surface area contributed by atoms with Crippen LogP contribution in [0.2, 0.25) is 0 Å². The van der Waals surface area contributed by atoms with Crippen LogP contribution in [-0.2, 0) is 0 Å². The number of hydrogen-bond donors (Lipinski definition) is 1. The quantitative estimate of drug-likeness (QED) is 0.786. The van der Waals surface area contributed by atoms with Crippen molar-refractivity contribution in [2.24, 2.45) is 0 Å². The third kappa shape index (κ3) is 4.10. The van der Waals surface area contributed by atoms with Crippen LogP contribution in [0.4, 0.5) is 0 Å². The Balaban J connectivity index is 2.63. The second-order valence-corrected chi connectivity index (χ2v) is 4.39. The van der Waals surface area contributed by atoms with Crippen molar-refractivity contribution in [3.8, 4) is 0 Å². The van der Waals surface area contributed by atoms with Crippen LogP contribution in [0, 0.1) is 6.92 Å². The van der Waals surface area contributed by atoms with E-state index < -0.39 is 0 Å². The van der Waals surface area contributed by atoms with E-state index in [2.05, 4.69) is 42.0 Å². The normalized spacial score (nSPS) is 13.0. The largest absolute Gasteiger partial charge is 0.313 e. The van der Waals surface area contributed by atoms with Gasteiger partial charge in [0.15, 0.2) is 0 Å². The Hall–Kier alpha value is -0.930. The molecule has 0 aromatic carbocycles. The predicted octanol–water partition coefficient (Wildman–Crippen LogP) is 2.38. The average molecular weight is 235 g/mol. The highest BCUT2D eigenvalue weighted by molar-refractivity contribution is 5.24. The van der Waals surface area contributed by atoms with Crippen molar-refractivity contribution in [1.82, 2.24) is 15.2 Å². The van der Waals surface area contributed by atoms with Gasteiger partial charge < -0.3 is 10.2 Å². The highest BCUT2D eigenvalue weighted by Gasteiger charge is 2.12. The summed E-state index contributed by atoms with van der Waals surface area (Å²) in [7, 11) is 2.03. The molecule has 0 radical (unpaired) electrons. The summed E-state index contributed by atoms with van der Waals surface area (Å²) >= 11 is 0. The van der Waals surface area contributed by atoms with Gasteiger partial charge in [-0.3, -0.25) is 4.98 Å². The Morgan fingerprint density at radius 2 is 2.06 bits per heavy atom. The van der Waals surface area contributed by atoms with Crippen molar-refractivity contribution in [3.63, 3.8) is 0 Å². The number of aryl methyl sites for hydroxylation is 1. The van der Waals surface area contributed by atoms with Gasteiger partial charge >= 0.3 is 0 Å². The van der Waals surface area contributed by atoms with E-state index in [1.807, 2.05) is 19.4 Å². The monoisotopic (exact) mass is 235 g/mol. The number of nitrogens with zero attached hydrogens (tertiary/aromatic N) is 2. The van der Waals surface area contributed by atoms with Gasteiger partial charge in [-0.1, -0.05) is 13.8 Å². The standard InChI is InChI=1S/C14H25N3/c1-5-17(6-2)10-8-14(15-4)13-11-16-9-7-12(13)3/h7,9,11,14-15H,5-6,8,10H2,1-4H3. The molecule has 0 bridgehead atoms. The second kappa shape index (κ2) is 7.41. The Bertz CT molecular complexity index is 321. The Morgan fingerprint density at radius 3 is 2.59 bits per heavy atom. The molecule has 0 saturated heterocycles. The SMILES string of the molecule is CCN(CC)CCC(NC)c1cnccc1C. The van der Waals surface area contributed by atoms with Gasteiger partial charge in [0, 0.05) is 18.4 Å². The van der Waals surface area contributed by atoms with Crippen LogP contribution in [0.15, 0.2) is 18.5 Å². The molecule has 3 nitrogen and oxygen atoms in total. The summed E-state index contributed by atoms with van der Waals surface area (Å²) in [5.74, 6) is 0. The molecule has 17 heavy (non-hydrogen) atoms. The summed E-state index contributed by atoms with van der Waals surface area (Å²) in [5, 5.41) is 3.40. The van der Waals surface area contributed by atoms with Crippen LogP contribution >= 0.6 is 0 Å². The molecule has 1 atom stereocenters. The lowest BCUT2D eigenvalue weighted by molar-refractivity contribution is 0.284. The zero-order chi connectivity index (χ0) is 12.7. The molecule has 0 amide bonds. The zero-order valence-electron chi connectivity index (χ0n) is 11.5. The van der Waals surface area contributed by atoms with Crippen LogP contribution in [0.1, 0.15) is 37.4 Å². The third-order valence-corrected chi connectivity index (χ3v) is 3.43. The molecule has 0 aliphatic carbocycles. The first kappa shape index (κ1) is 14.1. The van der Waals surface area contributed by atoms with Crippen LogP contribution in [0.3, 0.4) is 0 Å². The Labute approximate surface area is 105 Å². The fourth-order valence-corrected chi connectivity index (χ4v) is 2.15. The Morgan fingerprint density at radius 1 is 1.35 bits per heavy atom. The number of hydrogen-bond acceptors (Lipinski definition) is 3. The molecule has 96 valence electrons. The van der Waals surface area contributed by atoms with Crippen LogP contribution in [-0.4, -0.2) is 36.6 Å². The van der Waals surface area contributed by atoms with E-state index in [-0.39, 0.29) is 0 Å². The molecule has 1 unspecified atom stereocenters. The summed E-state index contributed by atoms with van der Waals surface area (Å²) in [6.45, 7) is 9.96. The molecule has 1 rings (SSSR count). The lowest BCUT2D eigenvalue weighted by Gasteiger charge is -2.23. The van der Waals surface area contributed by atoms with Crippen molar-refractivity contribution in [2.45, 2.75) is 33.2 Å². The lowest BCUT2D eigenvalue weighted by Crippen LogP contribution is -2.28. The maximum absolute atomic E-state index is 4.23. The average Bonchev–Trinajstić information content (AvgIpc) is 2.36. The summed E-state index contributed by atoms with van der Waals surface area (Å²) in [4.78, 5) is 6.68. The van der Waals surface area contributed by atoms with E-state index in [0.717, 1.165) is 26.1 Å². The van der Waals surface area contributed by atoms with E-state index in [9.17, 15) is 0 Å². The molecule has 0 aliphatic rings. The van der Waals surface area contributed by atoms with Crippen LogP contribution in [0.5, 0.6) is 0 Å². The first-order chi connectivity index (χ1) is 8.22. The smallest absolute Gasteiger partial charge is 0.0347 e. The van der Waals surface area contributed by atoms with Crippen molar-refractivity contribution < 1.29 is 0 Å². The fourth-order valence-electron chi connectivity index (χ4n) is 2.15. The van der Waals surface area contributed by atoms with Crippen LogP contribution < -0.4 is 5.32 Å².